The maximum Gasteiger partial charge on any atom is 0.277 e. The lowest BCUT2D eigenvalue weighted by molar-refractivity contribution is -0.122. The zero-order chi connectivity index (χ0) is 22.3. The lowest BCUT2D eigenvalue weighted by atomic mass is 10.2. The Bertz CT molecular complexity index is 1190. The molecule has 0 radical (unpaired) electrons. The van der Waals surface area contributed by atoms with Crippen LogP contribution in [-0.4, -0.2) is 44.1 Å². The summed E-state index contributed by atoms with van der Waals surface area (Å²) in [6.45, 7) is -0.153. The quantitative estimate of drug-likeness (QED) is 0.381. The molecule has 2 N–H and O–H groups in total. The molecule has 4 rings (SSSR count). The van der Waals surface area contributed by atoms with Crippen LogP contribution >= 0.6 is 23.4 Å². The fourth-order valence-electron chi connectivity index (χ4n) is 2.66. The number of aromatic nitrogens is 4. The summed E-state index contributed by atoms with van der Waals surface area (Å²) in [4.78, 5) is 24.1. The van der Waals surface area contributed by atoms with E-state index in [4.69, 9.17) is 16.0 Å². The summed E-state index contributed by atoms with van der Waals surface area (Å²) in [6.07, 6.45) is 3.52. The van der Waals surface area contributed by atoms with Gasteiger partial charge in [0.25, 0.3) is 5.22 Å². The van der Waals surface area contributed by atoms with Gasteiger partial charge in [-0.15, -0.1) is 10.2 Å². The predicted molar refractivity (Wildman–Crippen MR) is 121 cm³/mol. The van der Waals surface area contributed by atoms with Gasteiger partial charge < -0.3 is 15.1 Å². The number of amides is 2. The molecule has 0 spiro atoms. The van der Waals surface area contributed by atoms with Gasteiger partial charge in [-0.25, -0.2) is 4.68 Å². The summed E-state index contributed by atoms with van der Waals surface area (Å²) in [5, 5.41) is 18.2. The standard InChI is InChI=1S/C21H17ClN6O3S/c22-15-4-2-14(3-5-15)20-26-27-21(31-20)32-13-19(30)23-12-18(29)25-16-6-8-17(9-7-16)28-11-1-10-24-28/h1-11H,12-13H2,(H,23,30)(H,25,29). The van der Waals surface area contributed by atoms with E-state index in [-0.39, 0.29) is 29.3 Å². The van der Waals surface area contributed by atoms with Crippen LogP contribution < -0.4 is 10.6 Å². The summed E-state index contributed by atoms with van der Waals surface area (Å²) in [5.74, 6) is -0.292. The van der Waals surface area contributed by atoms with Gasteiger partial charge in [0.15, 0.2) is 0 Å². The molecule has 0 aliphatic heterocycles. The fourth-order valence-corrected chi connectivity index (χ4v) is 3.38. The number of halogens is 1. The number of nitrogens with one attached hydrogen (secondary N) is 2. The van der Waals surface area contributed by atoms with Crippen LogP contribution in [-0.2, 0) is 9.59 Å². The van der Waals surface area contributed by atoms with Gasteiger partial charge in [-0.3, -0.25) is 9.59 Å². The van der Waals surface area contributed by atoms with E-state index in [1.807, 2.05) is 24.4 Å². The van der Waals surface area contributed by atoms with Crippen molar-refractivity contribution in [3.05, 3.63) is 72.0 Å². The van der Waals surface area contributed by atoms with E-state index in [2.05, 4.69) is 25.9 Å². The predicted octanol–water partition coefficient (Wildman–Crippen LogP) is 3.42. The minimum Gasteiger partial charge on any atom is -0.411 e. The number of carbonyl (C=O) groups is 2. The van der Waals surface area contributed by atoms with Crippen LogP contribution in [0.15, 0.2) is 76.6 Å². The third-order valence-corrected chi connectivity index (χ3v) is 5.26. The monoisotopic (exact) mass is 468 g/mol. The minimum atomic E-state index is -0.335. The number of nitrogens with zero attached hydrogens (tertiary/aromatic N) is 4. The molecule has 11 heteroatoms. The van der Waals surface area contributed by atoms with Gasteiger partial charge in [-0.1, -0.05) is 23.4 Å². The number of hydrogen-bond acceptors (Lipinski definition) is 7. The second kappa shape index (κ2) is 10.1. The molecule has 0 aliphatic carbocycles. The van der Waals surface area contributed by atoms with Crippen molar-refractivity contribution in [2.75, 3.05) is 17.6 Å². The molecule has 32 heavy (non-hydrogen) atoms. The average molecular weight is 469 g/mol. The van der Waals surface area contributed by atoms with Crippen LogP contribution in [0.25, 0.3) is 17.1 Å². The van der Waals surface area contributed by atoms with E-state index < -0.39 is 0 Å². The van der Waals surface area contributed by atoms with Crippen LogP contribution in [0, 0.1) is 0 Å². The molecule has 2 aromatic heterocycles. The van der Waals surface area contributed by atoms with Gasteiger partial charge in [0.05, 0.1) is 18.0 Å². The molecule has 0 fully saturated rings. The first-order chi connectivity index (χ1) is 15.6. The van der Waals surface area contributed by atoms with Crippen LogP contribution in [0.4, 0.5) is 5.69 Å². The minimum absolute atomic E-state index is 0.0358. The van der Waals surface area contributed by atoms with Crippen LogP contribution in [0.1, 0.15) is 0 Å². The maximum absolute atomic E-state index is 12.1. The Morgan fingerprint density at radius 2 is 1.81 bits per heavy atom. The first-order valence-electron chi connectivity index (χ1n) is 9.46. The lowest BCUT2D eigenvalue weighted by Gasteiger charge is -2.07. The van der Waals surface area contributed by atoms with E-state index in [0.29, 0.717) is 16.6 Å². The number of hydrogen-bond donors (Lipinski definition) is 2. The molecule has 0 atom stereocenters. The SMILES string of the molecule is O=C(CSc1nnc(-c2ccc(Cl)cc2)o1)NCC(=O)Nc1ccc(-n2cccn2)cc1. The van der Waals surface area contributed by atoms with Gasteiger partial charge in [0.1, 0.15) is 0 Å². The molecule has 2 heterocycles. The van der Waals surface area contributed by atoms with E-state index in [1.54, 1.807) is 47.3 Å². The van der Waals surface area contributed by atoms with Gasteiger partial charge in [-0.2, -0.15) is 5.10 Å². The van der Waals surface area contributed by atoms with E-state index in [1.165, 1.54) is 0 Å². The number of thioether (sulfide) groups is 1. The normalized spacial score (nSPS) is 10.7. The number of carbonyl (C=O) groups excluding carboxylic acids is 2. The molecule has 0 saturated heterocycles. The molecule has 162 valence electrons. The van der Waals surface area contributed by atoms with Crippen molar-refractivity contribution in [2.45, 2.75) is 5.22 Å². The van der Waals surface area contributed by atoms with Crippen molar-refractivity contribution in [1.29, 1.82) is 0 Å². The third-order valence-electron chi connectivity index (χ3n) is 4.19. The molecule has 4 aromatic rings. The van der Waals surface area contributed by atoms with Crippen LogP contribution in [0.3, 0.4) is 0 Å². The Morgan fingerprint density at radius 3 is 2.53 bits per heavy atom. The zero-order valence-corrected chi connectivity index (χ0v) is 18.1. The molecule has 0 saturated carbocycles. The summed E-state index contributed by atoms with van der Waals surface area (Å²) < 4.78 is 7.25. The Kier molecular flexibility index (Phi) is 6.83. The van der Waals surface area contributed by atoms with Crippen LogP contribution in [0.2, 0.25) is 5.02 Å². The van der Waals surface area contributed by atoms with Crippen LogP contribution in [0.5, 0.6) is 0 Å². The average Bonchev–Trinajstić information content (AvgIpc) is 3.50. The Hall–Kier alpha value is -3.63. The summed E-state index contributed by atoms with van der Waals surface area (Å²) in [5.41, 5.74) is 2.22. The van der Waals surface area contributed by atoms with Crippen molar-refractivity contribution in [3.63, 3.8) is 0 Å². The molecule has 0 aliphatic rings. The first kappa shape index (κ1) is 21.6. The summed E-state index contributed by atoms with van der Waals surface area (Å²) in [6, 6.07) is 16.0. The molecule has 2 amide bonds. The second-order valence-electron chi connectivity index (χ2n) is 6.49. The first-order valence-corrected chi connectivity index (χ1v) is 10.8. The lowest BCUT2D eigenvalue weighted by Crippen LogP contribution is -2.33. The van der Waals surface area contributed by atoms with Crippen molar-refractivity contribution >= 4 is 40.9 Å². The topological polar surface area (TPSA) is 115 Å². The number of anilines is 1. The third kappa shape index (κ3) is 5.74. The van der Waals surface area contributed by atoms with Crippen molar-refractivity contribution in [2.24, 2.45) is 0 Å². The zero-order valence-electron chi connectivity index (χ0n) is 16.6. The van der Waals surface area contributed by atoms with Gasteiger partial charge in [0.2, 0.25) is 17.7 Å². The Morgan fingerprint density at radius 1 is 1.03 bits per heavy atom. The highest BCUT2D eigenvalue weighted by Crippen LogP contribution is 2.24. The molecular weight excluding hydrogens is 452 g/mol. The highest BCUT2D eigenvalue weighted by atomic mass is 35.5. The second-order valence-corrected chi connectivity index (χ2v) is 7.85. The Labute approximate surface area is 192 Å². The fraction of sp³-hybridized carbons (Fsp3) is 0.0952. The summed E-state index contributed by atoms with van der Waals surface area (Å²) in [7, 11) is 0. The highest BCUT2D eigenvalue weighted by Gasteiger charge is 2.12. The van der Waals surface area contributed by atoms with Crippen molar-refractivity contribution in [1.82, 2.24) is 25.3 Å². The highest BCUT2D eigenvalue weighted by molar-refractivity contribution is 7.99. The largest absolute Gasteiger partial charge is 0.411 e. The van der Waals surface area contributed by atoms with Gasteiger partial charge >= 0.3 is 0 Å². The molecule has 9 nitrogen and oxygen atoms in total. The van der Waals surface area contributed by atoms with E-state index in [9.17, 15) is 9.59 Å². The van der Waals surface area contributed by atoms with Gasteiger partial charge in [0, 0.05) is 28.7 Å². The van der Waals surface area contributed by atoms with Crippen molar-refractivity contribution < 1.29 is 14.0 Å². The summed E-state index contributed by atoms with van der Waals surface area (Å²) >= 11 is 6.95. The molecule has 0 bridgehead atoms. The maximum atomic E-state index is 12.1. The molecule has 2 aromatic carbocycles. The molecular formula is C21H17ClN6O3S. The van der Waals surface area contributed by atoms with Gasteiger partial charge in [-0.05, 0) is 54.6 Å². The Balaban J connectivity index is 1.20. The number of benzene rings is 2. The van der Waals surface area contributed by atoms with E-state index >= 15 is 0 Å². The molecule has 0 unspecified atom stereocenters. The van der Waals surface area contributed by atoms with Crippen molar-refractivity contribution in [3.8, 4) is 17.1 Å². The number of rotatable bonds is 8. The smallest absolute Gasteiger partial charge is 0.277 e. The van der Waals surface area contributed by atoms with E-state index in [0.717, 1.165) is 23.0 Å².